The van der Waals surface area contributed by atoms with Crippen molar-refractivity contribution in [2.45, 2.75) is 38.1 Å². The molecule has 2 fully saturated rings. The van der Waals surface area contributed by atoms with Gasteiger partial charge in [-0.1, -0.05) is 12.1 Å². The quantitative estimate of drug-likeness (QED) is 0.872. The van der Waals surface area contributed by atoms with E-state index in [1.165, 1.54) is 12.1 Å². The van der Waals surface area contributed by atoms with E-state index in [4.69, 9.17) is 0 Å². The minimum Gasteiger partial charge on any atom is -0.354 e. The van der Waals surface area contributed by atoms with Gasteiger partial charge < -0.3 is 10.2 Å². The molecule has 1 aromatic rings. The van der Waals surface area contributed by atoms with Crippen LogP contribution in [-0.2, 0) is 16.0 Å². The average molecular weight is 304 g/mol. The Labute approximate surface area is 129 Å². The molecule has 1 N–H and O–H groups in total. The molecule has 0 radical (unpaired) electrons. The van der Waals surface area contributed by atoms with E-state index >= 15 is 0 Å². The SMILES string of the molecule is O=C(NC[C@H](Cc1cccc(F)c1)N1CCCC1=O)C1CC1. The van der Waals surface area contributed by atoms with Crippen LogP contribution in [-0.4, -0.2) is 35.8 Å². The molecule has 0 bridgehead atoms. The molecule has 0 unspecified atom stereocenters. The van der Waals surface area contributed by atoms with Crippen LogP contribution in [0, 0.1) is 11.7 Å². The number of carbonyl (C=O) groups excluding carboxylic acids is 2. The highest BCUT2D eigenvalue weighted by atomic mass is 19.1. The third-order valence-corrected chi connectivity index (χ3v) is 4.37. The highest BCUT2D eigenvalue weighted by Gasteiger charge is 2.32. The second kappa shape index (κ2) is 6.46. The Bertz CT molecular complexity index is 572. The van der Waals surface area contributed by atoms with Crippen LogP contribution < -0.4 is 5.32 Å². The van der Waals surface area contributed by atoms with Crippen molar-refractivity contribution >= 4 is 11.8 Å². The van der Waals surface area contributed by atoms with Crippen molar-refractivity contribution in [3.05, 3.63) is 35.6 Å². The lowest BCUT2D eigenvalue weighted by molar-refractivity contribution is -0.130. The minimum atomic E-state index is -0.272. The maximum Gasteiger partial charge on any atom is 0.223 e. The van der Waals surface area contributed by atoms with E-state index in [0.717, 1.165) is 31.4 Å². The van der Waals surface area contributed by atoms with Crippen LogP contribution in [0.25, 0.3) is 0 Å². The molecule has 2 aliphatic rings. The largest absolute Gasteiger partial charge is 0.354 e. The molecule has 1 aromatic carbocycles. The van der Waals surface area contributed by atoms with Gasteiger partial charge in [-0.2, -0.15) is 0 Å². The molecular formula is C17H21FN2O2. The Kier molecular flexibility index (Phi) is 4.41. The summed E-state index contributed by atoms with van der Waals surface area (Å²) >= 11 is 0. The van der Waals surface area contributed by atoms with Gasteiger partial charge in [-0.3, -0.25) is 9.59 Å². The number of rotatable bonds is 6. The highest BCUT2D eigenvalue weighted by Crippen LogP contribution is 2.28. The molecule has 1 atom stereocenters. The zero-order valence-corrected chi connectivity index (χ0v) is 12.6. The summed E-state index contributed by atoms with van der Waals surface area (Å²) in [6.07, 6.45) is 3.91. The lowest BCUT2D eigenvalue weighted by atomic mass is 10.0. The molecule has 1 aliphatic carbocycles. The second-order valence-electron chi connectivity index (χ2n) is 6.20. The molecule has 4 nitrogen and oxygen atoms in total. The third kappa shape index (κ3) is 3.64. The van der Waals surface area contributed by atoms with Crippen molar-refractivity contribution in [1.29, 1.82) is 0 Å². The van der Waals surface area contributed by atoms with E-state index < -0.39 is 0 Å². The molecule has 0 aromatic heterocycles. The Balaban J connectivity index is 1.67. The summed E-state index contributed by atoms with van der Waals surface area (Å²) in [6.45, 7) is 1.16. The Hall–Kier alpha value is -1.91. The maximum atomic E-state index is 13.3. The van der Waals surface area contributed by atoms with Gasteiger partial charge >= 0.3 is 0 Å². The van der Waals surface area contributed by atoms with Gasteiger partial charge in [0.2, 0.25) is 11.8 Å². The van der Waals surface area contributed by atoms with Gasteiger partial charge in [-0.15, -0.1) is 0 Å². The smallest absolute Gasteiger partial charge is 0.223 e. The van der Waals surface area contributed by atoms with Gasteiger partial charge in [-0.25, -0.2) is 4.39 Å². The monoisotopic (exact) mass is 304 g/mol. The number of benzene rings is 1. The fourth-order valence-electron chi connectivity index (χ4n) is 2.99. The molecule has 1 saturated carbocycles. The predicted molar refractivity (Wildman–Crippen MR) is 80.6 cm³/mol. The molecular weight excluding hydrogens is 283 g/mol. The molecule has 1 heterocycles. The van der Waals surface area contributed by atoms with Crippen LogP contribution in [0.5, 0.6) is 0 Å². The number of hydrogen-bond acceptors (Lipinski definition) is 2. The summed E-state index contributed by atoms with van der Waals surface area (Å²) in [5, 5.41) is 2.95. The first-order valence-electron chi connectivity index (χ1n) is 7.95. The number of halogens is 1. The molecule has 1 aliphatic heterocycles. The van der Waals surface area contributed by atoms with E-state index in [0.29, 0.717) is 19.4 Å². The van der Waals surface area contributed by atoms with Crippen LogP contribution in [0.4, 0.5) is 4.39 Å². The van der Waals surface area contributed by atoms with E-state index in [1.807, 2.05) is 11.0 Å². The third-order valence-electron chi connectivity index (χ3n) is 4.37. The first-order chi connectivity index (χ1) is 10.6. The van der Waals surface area contributed by atoms with Crippen molar-refractivity contribution in [3.8, 4) is 0 Å². The molecule has 5 heteroatoms. The van der Waals surface area contributed by atoms with E-state index in [-0.39, 0.29) is 29.6 Å². The minimum absolute atomic E-state index is 0.0795. The van der Waals surface area contributed by atoms with Gasteiger partial charge in [0, 0.05) is 25.4 Å². The second-order valence-corrected chi connectivity index (χ2v) is 6.20. The van der Waals surface area contributed by atoms with Gasteiger partial charge in [-0.05, 0) is 43.4 Å². The summed E-state index contributed by atoms with van der Waals surface area (Å²) in [5.74, 6) is 0.0908. The lowest BCUT2D eigenvalue weighted by Gasteiger charge is -2.28. The normalized spacial score (nSPS) is 19.3. The molecule has 118 valence electrons. The first-order valence-corrected chi connectivity index (χ1v) is 7.95. The van der Waals surface area contributed by atoms with Crippen molar-refractivity contribution in [2.75, 3.05) is 13.1 Å². The fourth-order valence-corrected chi connectivity index (χ4v) is 2.99. The topological polar surface area (TPSA) is 49.4 Å². The van der Waals surface area contributed by atoms with Crippen LogP contribution in [0.15, 0.2) is 24.3 Å². The number of carbonyl (C=O) groups is 2. The van der Waals surface area contributed by atoms with Crippen molar-refractivity contribution in [1.82, 2.24) is 10.2 Å². The molecule has 1 saturated heterocycles. The highest BCUT2D eigenvalue weighted by molar-refractivity contribution is 5.81. The van der Waals surface area contributed by atoms with Crippen LogP contribution in [0.1, 0.15) is 31.2 Å². The number of likely N-dealkylation sites (tertiary alicyclic amines) is 1. The Morgan fingerprint density at radius 1 is 1.41 bits per heavy atom. The van der Waals surface area contributed by atoms with Gasteiger partial charge in [0.05, 0.1) is 6.04 Å². The molecule has 2 amide bonds. The Morgan fingerprint density at radius 3 is 2.86 bits per heavy atom. The Morgan fingerprint density at radius 2 is 2.23 bits per heavy atom. The number of nitrogens with one attached hydrogen (secondary N) is 1. The van der Waals surface area contributed by atoms with Gasteiger partial charge in [0.25, 0.3) is 0 Å². The summed E-state index contributed by atoms with van der Waals surface area (Å²) in [7, 11) is 0. The van der Waals surface area contributed by atoms with E-state index in [1.54, 1.807) is 6.07 Å². The zero-order valence-electron chi connectivity index (χ0n) is 12.6. The van der Waals surface area contributed by atoms with Gasteiger partial charge in [0.1, 0.15) is 5.82 Å². The van der Waals surface area contributed by atoms with Crippen molar-refractivity contribution < 1.29 is 14.0 Å². The number of amides is 2. The fraction of sp³-hybridized carbons (Fsp3) is 0.529. The zero-order chi connectivity index (χ0) is 15.5. The summed E-state index contributed by atoms with van der Waals surface area (Å²) in [4.78, 5) is 25.7. The summed E-state index contributed by atoms with van der Waals surface area (Å²) in [5.41, 5.74) is 0.852. The van der Waals surface area contributed by atoms with Crippen molar-refractivity contribution in [2.24, 2.45) is 5.92 Å². The molecule has 0 spiro atoms. The maximum absolute atomic E-state index is 13.3. The lowest BCUT2D eigenvalue weighted by Crippen LogP contribution is -2.46. The standard InChI is InChI=1S/C17H21FN2O2/c18-14-4-1-3-12(9-14)10-15(20-8-2-5-16(20)21)11-19-17(22)13-6-7-13/h1,3-4,9,13,15H,2,5-8,10-11H2,(H,19,22)/t15-/m0/s1. The van der Waals surface area contributed by atoms with Crippen LogP contribution in [0.3, 0.4) is 0 Å². The summed E-state index contributed by atoms with van der Waals surface area (Å²) in [6, 6.07) is 6.35. The van der Waals surface area contributed by atoms with Crippen molar-refractivity contribution in [3.63, 3.8) is 0 Å². The molecule has 3 rings (SSSR count). The first kappa shape index (κ1) is 15.0. The molecule has 22 heavy (non-hydrogen) atoms. The van der Waals surface area contributed by atoms with Crippen LogP contribution >= 0.6 is 0 Å². The van der Waals surface area contributed by atoms with Gasteiger partial charge in [0.15, 0.2) is 0 Å². The number of hydrogen-bond donors (Lipinski definition) is 1. The van der Waals surface area contributed by atoms with Crippen LogP contribution in [0.2, 0.25) is 0 Å². The number of nitrogens with zero attached hydrogens (tertiary/aromatic N) is 1. The van der Waals surface area contributed by atoms with E-state index in [2.05, 4.69) is 5.32 Å². The van der Waals surface area contributed by atoms with E-state index in [9.17, 15) is 14.0 Å². The average Bonchev–Trinajstić information content (AvgIpc) is 3.26. The predicted octanol–water partition coefficient (Wildman–Crippen LogP) is 1.89. The summed E-state index contributed by atoms with van der Waals surface area (Å²) < 4.78 is 13.3.